The molecule has 11 nitrogen and oxygen atoms in total. The average Bonchev–Trinajstić information content (AvgIpc) is 3.46. The second kappa shape index (κ2) is 9.71. The molecule has 2 aliphatic rings. The summed E-state index contributed by atoms with van der Waals surface area (Å²) in [5.41, 5.74) is 2.73. The van der Waals surface area contributed by atoms with Crippen LogP contribution >= 0.6 is 11.8 Å². The zero-order valence-corrected chi connectivity index (χ0v) is 19.2. The van der Waals surface area contributed by atoms with Gasteiger partial charge in [-0.3, -0.25) is 5.10 Å². The van der Waals surface area contributed by atoms with E-state index < -0.39 is 0 Å². The van der Waals surface area contributed by atoms with E-state index in [-0.39, 0.29) is 6.03 Å². The van der Waals surface area contributed by atoms with E-state index in [1.165, 1.54) is 17.4 Å². The van der Waals surface area contributed by atoms with Crippen molar-refractivity contribution in [1.82, 2.24) is 30.4 Å². The first kappa shape index (κ1) is 21.6. The molecule has 0 aliphatic carbocycles. The van der Waals surface area contributed by atoms with Gasteiger partial charge >= 0.3 is 6.03 Å². The SMILES string of the molecule is CSc1n[nH]c2nc(Nc3ccc(N4CCOCC4)cc3)nc(NCCN3CCNC3=O)c12. The standard InChI is InChI=1S/C21H27N9O2S/c1-33-19-16-17(22-6-8-30-9-7-23-21(30)31)25-20(26-18(16)27-28-19)24-14-2-4-15(5-3-14)29-10-12-32-13-11-29/h2-5H,6-13H2,1H3,(H,23,31)(H3,22,24,25,26,27,28). The molecule has 2 saturated heterocycles. The number of carbonyl (C=O) groups is 1. The molecule has 3 aromatic rings. The molecule has 174 valence electrons. The average molecular weight is 470 g/mol. The Balaban J connectivity index is 1.33. The van der Waals surface area contributed by atoms with Gasteiger partial charge in [0.05, 0.1) is 18.6 Å². The molecule has 2 aromatic heterocycles. The Morgan fingerprint density at radius 2 is 1.97 bits per heavy atom. The molecular weight excluding hydrogens is 442 g/mol. The molecule has 0 atom stereocenters. The molecule has 2 fully saturated rings. The number of nitrogens with one attached hydrogen (secondary N) is 4. The van der Waals surface area contributed by atoms with Gasteiger partial charge in [0, 0.05) is 50.6 Å². The highest BCUT2D eigenvalue weighted by molar-refractivity contribution is 7.98. The second-order valence-corrected chi connectivity index (χ2v) is 8.56. The van der Waals surface area contributed by atoms with E-state index in [0.29, 0.717) is 43.6 Å². The first-order valence-electron chi connectivity index (χ1n) is 11.0. The number of ether oxygens (including phenoxy) is 1. The van der Waals surface area contributed by atoms with Crippen LogP contribution in [0.2, 0.25) is 0 Å². The van der Waals surface area contributed by atoms with E-state index in [1.54, 1.807) is 4.90 Å². The summed E-state index contributed by atoms with van der Waals surface area (Å²) in [6.07, 6.45) is 1.97. The van der Waals surface area contributed by atoms with Crippen molar-refractivity contribution in [1.29, 1.82) is 0 Å². The Morgan fingerprint density at radius 1 is 1.15 bits per heavy atom. The molecule has 0 unspecified atom stereocenters. The van der Waals surface area contributed by atoms with Crippen molar-refractivity contribution in [2.24, 2.45) is 0 Å². The number of carbonyl (C=O) groups excluding carboxylic acids is 1. The van der Waals surface area contributed by atoms with Gasteiger partial charge in [0.2, 0.25) is 5.95 Å². The molecule has 2 aliphatic heterocycles. The van der Waals surface area contributed by atoms with Crippen LogP contribution in [0.3, 0.4) is 0 Å². The molecule has 33 heavy (non-hydrogen) atoms. The van der Waals surface area contributed by atoms with E-state index >= 15 is 0 Å². The number of hydrogen-bond acceptors (Lipinski definition) is 9. The molecule has 12 heteroatoms. The van der Waals surface area contributed by atoms with Crippen LogP contribution in [0, 0.1) is 0 Å². The Morgan fingerprint density at radius 3 is 2.70 bits per heavy atom. The number of fused-ring (bicyclic) bond motifs is 1. The molecule has 4 heterocycles. The van der Waals surface area contributed by atoms with Crippen molar-refractivity contribution < 1.29 is 9.53 Å². The lowest BCUT2D eigenvalue weighted by molar-refractivity contribution is 0.122. The molecule has 0 spiro atoms. The van der Waals surface area contributed by atoms with Crippen LogP contribution < -0.4 is 20.9 Å². The number of rotatable bonds is 8. The highest BCUT2D eigenvalue weighted by Crippen LogP contribution is 2.30. The zero-order chi connectivity index (χ0) is 22.6. The minimum Gasteiger partial charge on any atom is -0.378 e. The fourth-order valence-electron chi connectivity index (χ4n) is 3.98. The number of urea groups is 1. The minimum absolute atomic E-state index is 0.0272. The number of morpholine rings is 1. The van der Waals surface area contributed by atoms with Gasteiger partial charge in [0.1, 0.15) is 10.8 Å². The Kier molecular flexibility index (Phi) is 6.35. The maximum atomic E-state index is 11.8. The van der Waals surface area contributed by atoms with Crippen molar-refractivity contribution in [3.05, 3.63) is 24.3 Å². The van der Waals surface area contributed by atoms with E-state index in [4.69, 9.17) is 9.72 Å². The number of aromatic nitrogens is 4. The van der Waals surface area contributed by atoms with Gasteiger partial charge in [0.25, 0.3) is 0 Å². The Hall–Kier alpha value is -3.25. The minimum atomic E-state index is -0.0272. The van der Waals surface area contributed by atoms with Gasteiger partial charge in [-0.05, 0) is 30.5 Å². The van der Waals surface area contributed by atoms with Gasteiger partial charge in [0.15, 0.2) is 5.65 Å². The fraction of sp³-hybridized carbons (Fsp3) is 0.429. The topological polar surface area (TPSA) is 123 Å². The third kappa shape index (κ3) is 4.76. The van der Waals surface area contributed by atoms with Crippen LogP contribution in [0.15, 0.2) is 29.3 Å². The van der Waals surface area contributed by atoms with Gasteiger partial charge in [-0.15, -0.1) is 11.8 Å². The summed E-state index contributed by atoms with van der Waals surface area (Å²) in [6, 6.07) is 8.21. The van der Waals surface area contributed by atoms with Crippen LogP contribution in [0.5, 0.6) is 0 Å². The molecule has 2 amide bonds. The second-order valence-electron chi connectivity index (χ2n) is 7.77. The zero-order valence-electron chi connectivity index (χ0n) is 18.4. The third-order valence-corrected chi connectivity index (χ3v) is 6.38. The van der Waals surface area contributed by atoms with Crippen molar-refractivity contribution in [3.8, 4) is 0 Å². The predicted molar refractivity (Wildman–Crippen MR) is 130 cm³/mol. The van der Waals surface area contributed by atoms with Gasteiger partial charge < -0.3 is 30.5 Å². The van der Waals surface area contributed by atoms with Gasteiger partial charge in [-0.25, -0.2) is 4.79 Å². The number of benzene rings is 1. The first-order valence-corrected chi connectivity index (χ1v) is 12.2. The number of hydrogen-bond donors (Lipinski definition) is 4. The first-order chi connectivity index (χ1) is 16.2. The van der Waals surface area contributed by atoms with Crippen molar-refractivity contribution in [2.75, 3.05) is 74.3 Å². The maximum Gasteiger partial charge on any atom is 0.317 e. The van der Waals surface area contributed by atoms with E-state index in [0.717, 1.165) is 42.4 Å². The number of anilines is 4. The highest BCUT2D eigenvalue weighted by Gasteiger charge is 2.20. The molecule has 0 saturated carbocycles. The highest BCUT2D eigenvalue weighted by atomic mass is 32.2. The lowest BCUT2D eigenvalue weighted by atomic mass is 10.2. The number of thioether (sulfide) groups is 1. The van der Waals surface area contributed by atoms with Crippen molar-refractivity contribution in [3.63, 3.8) is 0 Å². The summed E-state index contributed by atoms with van der Waals surface area (Å²) in [5, 5.41) is 18.5. The Bertz CT molecular complexity index is 1110. The molecule has 4 N–H and O–H groups in total. The van der Waals surface area contributed by atoms with Crippen LogP contribution in [0.25, 0.3) is 11.0 Å². The molecule has 1 aromatic carbocycles. The van der Waals surface area contributed by atoms with Crippen LogP contribution in [-0.4, -0.2) is 89.8 Å². The lowest BCUT2D eigenvalue weighted by Crippen LogP contribution is -2.36. The summed E-state index contributed by atoms with van der Waals surface area (Å²) < 4.78 is 5.43. The maximum absolute atomic E-state index is 11.8. The van der Waals surface area contributed by atoms with Crippen LogP contribution in [0.1, 0.15) is 0 Å². The molecule has 5 rings (SSSR count). The van der Waals surface area contributed by atoms with E-state index in [2.05, 4.69) is 48.2 Å². The van der Waals surface area contributed by atoms with Crippen molar-refractivity contribution in [2.45, 2.75) is 5.03 Å². The van der Waals surface area contributed by atoms with E-state index in [1.807, 2.05) is 18.4 Å². The molecule has 0 radical (unpaired) electrons. The normalized spacial score (nSPS) is 16.3. The fourth-order valence-corrected chi connectivity index (χ4v) is 4.51. The Labute approximate surface area is 195 Å². The number of aromatic amines is 1. The van der Waals surface area contributed by atoms with Crippen LogP contribution in [-0.2, 0) is 4.74 Å². The van der Waals surface area contributed by atoms with Gasteiger partial charge in [-0.1, -0.05) is 0 Å². The monoisotopic (exact) mass is 469 g/mol. The summed E-state index contributed by atoms with van der Waals surface area (Å²) in [5.74, 6) is 1.16. The molecule has 0 bridgehead atoms. The number of nitrogens with zero attached hydrogens (tertiary/aromatic N) is 5. The molecular formula is C21H27N9O2S. The lowest BCUT2D eigenvalue weighted by Gasteiger charge is -2.28. The van der Waals surface area contributed by atoms with Crippen molar-refractivity contribution >= 4 is 52.0 Å². The largest absolute Gasteiger partial charge is 0.378 e. The number of amides is 2. The van der Waals surface area contributed by atoms with Crippen LogP contribution in [0.4, 0.5) is 27.9 Å². The summed E-state index contributed by atoms with van der Waals surface area (Å²) in [7, 11) is 0. The van der Waals surface area contributed by atoms with E-state index in [9.17, 15) is 4.79 Å². The summed E-state index contributed by atoms with van der Waals surface area (Å²) >= 11 is 1.53. The summed E-state index contributed by atoms with van der Waals surface area (Å²) in [4.78, 5) is 25.2. The number of H-pyrrole nitrogens is 1. The van der Waals surface area contributed by atoms with Gasteiger partial charge in [-0.2, -0.15) is 15.1 Å². The summed E-state index contributed by atoms with van der Waals surface area (Å²) in [6.45, 7) is 5.89. The predicted octanol–water partition coefficient (Wildman–Crippen LogP) is 2.09. The smallest absolute Gasteiger partial charge is 0.317 e. The quantitative estimate of drug-likeness (QED) is 0.367. The third-order valence-electron chi connectivity index (χ3n) is 5.70.